The highest BCUT2D eigenvalue weighted by Gasteiger charge is 2.37. The average Bonchev–Trinajstić information content (AvgIpc) is 3.44. The number of anilines is 1. The van der Waals surface area contributed by atoms with Gasteiger partial charge in [0, 0.05) is 35.6 Å². The summed E-state index contributed by atoms with van der Waals surface area (Å²) in [6, 6.07) is 9.28. The number of ether oxygens (including phenoxy) is 3. The monoisotopic (exact) mass is 504 g/mol. The van der Waals surface area contributed by atoms with Crippen molar-refractivity contribution in [3.8, 4) is 5.75 Å². The first-order valence-corrected chi connectivity index (χ1v) is 12.5. The Hall–Kier alpha value is -4.11. The third kappa shape index (κ3) is 5.83. The highest BCUT2D eigenvalue weighted by Crippen LogP contribution is 2.31. The van der Waals surface area contributed by atoms with E-state index in [0.29, 0.717) is 17.9 Å². The van der Waals surface area contributed by atoms with E-state index in [0.717, 1.165) is 41.9 Å². The molecule has 0 spiro atoms. The summed E-state index contributed by atoms with van der Waals surface area (Å²) in [4.78, 5) is 35.5. The molecule has 0 amide bonds. The Morgan fingerprint density at radius 3 is 2.76 bits per heavy atom. The Morgan fingerprint density at radius 2 is 2.03 bits per heavy atom. The van der Waals surface area contributed by atoms with Gasteiger partial charge in [-0.3, -0.25) is 4.79 Å². The molecule has 0 unspecified atom stereocenters. The molecule has 0 aliphatic carbocycles. The van der Waals surface area contributed by atoms with Gasteiger partial charge >= 0.3 is 5.97 Å². The van der Waals surface area contributed by atoms with Crippen molar-refractivity contribution in [3.05, 3.63) is 71.1 Å². The van der Waals surface area contributed by atoms with Crippen LogP contribution in [0, 0.1) is 6.92 Å². The minimum Gasteiger partial charge on any atom is -0.492 e. The summed E-state index contributed by atoms with van der Waals surface area (Å²) in [6.07, 6.45) is 5.01. The minimum absolute atomic E-state index is 0.0179. The molecule has 2 N–H and O–H groups in total. The number of esters is 1. The van der Waals surface area contributed by atoms with Crippen molar-refractivity contribution in [2.45, 2.75) is 27.7 Å². The number of aromatic nitrogens is 2. The molecule has 0 atom stereocenters. The zero-order valence-electron chi connectivity index (χ0n) is 21.6. The second kappa shape index (κ2) is 11.7. The van der Waals surface area contributed by atoms with Crippen molar-refractivity contribution >= 4 is 34.5 Å². The number of aryl methyl sites for hydroxylation is 1. The molecule has 3 heterocycles. The molecule has 194 valence electrons. The fourth-order valence-electron chi connectivity index (χ4n) is 4.06. The summed E-state index contributed by atoms with van der Waals surface area (Å²) in [5, 5.41) is 3.94. The standard InChI is InChI=1S/C28H32N4O5/c1-5-32(6-2)13-14-36-20-10-11-22(18(4)15-20)31-27-24(28(34)35-7-3)25(33)23(37-27)16-19-17-30-26-21(19)9-8-12-29-26/h8-12,15-17,31H,5-7,13-14H2,1-4H3,(H,29,30)/b23-16-. The van der Waals surface area contributed by atoms with E-state index in [1.807, 2.05) is 37.3 Å². The van der Waals surface area contributed by atoms with Crippen LogP contribution in [-0.2, 0) is 19.1 Å². The Bertz CT molecular complexity index is 1350. The molecule has 2 aromatic heterocycles. The number of allylic oxidation sites excluding steroid dienone is 1. The van der Waals surface area contributed by atoms with Gasteiger partial charge in [-0.05, 0) is 68.9 Å². The lowest BCUT2D eigenvalue weighted by Crippen LogP contribution is -2.27. The van der Waals surface area contributed by atoms with Crippen LogP contribution in [-0.4, -0.2) is 59.5 Å². The Balaban J connectivity index is 1.55. The molecule has 4 rings (SSSR count). The Morgan fingerprint density at radius 1 is 1.22 bits per heavy atom. The molecule has 0 radical (unpaired) electrons. The molecule has 1 aliphatic rings. The van der Waals surface area contributed by atoms with E-state index < -0.39 is 11.8 Å². The van der Waals surface area contributed by atoms with Crippen LogP contribution >= 0.6 is 0 Å². The van der Waals surface area contributed by atoms with E-state index in [1.165, 1.54) is 0 Å². The van der Waals surface area contributed by atoms with Crippen molar-refractivity contribution in [2.24, 2.45) is 0 Å². The van der Waals surface area contributed by atoms with Gasteiger partial charge < -0.3 is 29.4 Å². The van der Waals surface area contributed by atoms with Crippen LogP contribution in [0.3, 0.4) is 0 Å². The van der Waals surface area contributed by atoms with Crippen LogP contribution in [0.2, 0.25) is 0 Å². The molecule has 3 aromatic rings. The number of pyridine rings is 1. The smallest absolute Gasteiger partial charge is 0.347 e. The summed E-state index contributed by atoms with van der Waals surface area (Å²) < 4.78 is 16.9. The first-order chi connectivity index (χ1) is 17.9. The number of nitrogens with zero attached hydrogens (tertiary/aromatic N) is 2. The van der Waals surface area contributed by atoms with Gasteiger partial charge in [-0.25, -0.2) is 9.78 Å². The van der Waals surface area contributed by atoms with Crippen LogP contribution in [0.25, 0.3) is 17.1 Å². The maximum absolute atomic E-state index is 13.2. The van der Waals surface area contributed by atoms with Crippen LogP contribution in [0.5, 0.6) is 5.75 Å². The summed E-state index contributed by atoms with van der Waals surface area (Å²) >= 11 is 0. The number of hydrogen-bond acceptors (Lipinski definition) is 8. The SMILES string of the molecule is CCOC(=O)C1=C(Nc2ccc(OCCN(CC)CC)cc2C)O/C(=C\c2c[nH]c3ncccc23)C1=O. The number of carbonyl (C=O) groups is 2. The second-order valence-corrected chi connectivity index (χ2v) is 8.49. The molecule has 0 saturated carbocycles. The molecular formula is C28H32N4O5. The number of fused-ring (bicyclic) bond motifs is 1. The van der Waals surface area contributed by atoms with E-state index in [4.69, 9.17) is 14.2 Å². The van der Waals surface area contributed by atoms with E-state index in [-0.39, 0.29) is 23.8 Å². The van der Waals surface area contributed by atoms with Crippen LogP contribution in [0.15, 0.2) is 59.9 Å². The van der Waals surface area contributed by atoms with E-state index in [2.05, 4.69) is 34.0 Å². The number of likely N-dealkylation sites (N-methyl/N-ethyl adjacent to an activating group) is 1. The number of aromatic amines is 1. The molecule has 37 heavy (non-hydrogen) atoms. The molecule has 1 aliphatic heterocycles. The third-order valence-electron chi connectivity index (χ3n) is 6.16. The van der Waals surface area contributed by atoms with Crippen molar-refractivity contribution < 1.29 is 23.8 Å². The lowest BCUT2D eigenvalue weighted by atomic mass is 10.1. The molecule has 9 nitrogen and oxygen atoms in total. The highest BCUT2D eigenvalue weighted by atomic mass is 16.5. The van der Waals surface area contributed by atoms with Gasteiger partial charge in [0.05, 0.1) is 6.61 Å². The van der Waals surface area contributed by atoms with E-state index in [1.54, 1.807) is 25.4 Å². The van der Waals surface area contributed by atoms with Gasteiger partial charge in [-0.15, -0.1) is 0 Å². The summed E-state index contributed by atoms with van der Waals surface area (Å²) in [5.41, 5.74) is 2.78. The molecule has 1 aromatic carbocycles. The molecule has 0 saturated heterocycles. The van der Waals surface area contributed by atoms with Crippen LogP contribution < -0.4 is 10.1 Å². The van der Waals surface area contributed by atoms with Gasteiger partial charge in [0.2, 0.25) is 11.7 Å². The molecular weight excluding hydrogens is 472 g/mol. The number of carbonyl (C=O) groups excluding carboxylic acids is 2. The Labute approximate surface area is 216 Å². The molecule has 0 fully saturated rings. The van der Waals surface area contributed by atoms with Crippen molar-refractivity contribution in [1.29, 1.82) is 0 Å². The normalized spacial score (nSPS) is 14.5. The van der Waals surface area contributed by atoms with E-state index in [9.17, 15) is 9.59 Å². The minimum atomic E-state index is -0.743. The first-order valence-electron chi connectivity index (χ1n) is 12.5. The topological polar surface area (TPSA) is 106 Å². The van der Waals surface area contributed by atoms with Gasteiger partial charge in [0.1, 0.15) is 18.0 Å². The third-order valence-corrected chi connectivity index (χ3v) is 6.16. The quantitative estimate of drug-likeness (QED) is 0.225. The summed E-state index contributed by atoms with van der Waals surface area (Å²) in [6.45, 7) is 11.4. The van der Waals surface area contributed by atoms with Crippen molar-refractivity contribution in [2.75, 3.05) is 38.2 Å². The maximum Gasteiger partial charge on any atom is 0.347 e. The van der Waals surface area contributed by atoms with Gasteiger partial charge in [0.25, 0.3) is 0 Å². The summed E-state index contributed by atoms with van der Waals surface area (Å²) in [7, 11) is 0. The molecule has 9 heteroatoms. The largest absolute Gasteiger partial charge is 0.492 e. The van der Waals surface area contributed by atoms with Crippen LogP contribution in [0.4, 0.5) is 5.69 Å². The highest BCUT2D eigenvalue weighted by molar-refractivity contribution is 6.26. The van der Waals surface area contributed by atoms with Gasteiger partial charge in [-0.1, -0.05) is 13.8 Å². The number of rotatable bonds is 11. The second-order valence-electron chi connectivity index (χ2n) is 8.49. The fourth-order valence-corrected chi connectivity index (χ4v) is 4.06. The number of benzene rings is 1. The number of hydrogen-bond donors (Lipinski definition) is 2. The average molecular weight is 505 g/mol. The lowest BCUT2D eigenvalue weighted by Gasteiger charge is -2.18. The summed E-state index contributed by atoms with van der Waals surface area (Å²) in [5.74, 6) is -0.497. The van der Waals surface area contributed by atoms with E-state index >= 15 is 0 Å². The van der Waals surface area contributed by atoms with Gasteiger partial charge in [-0.2, -0.15) is 0 Å². The van der Waals surface area contributed by atoms with Crippen molar-refractivity contribution in [3.63, 3.8) is 0 Å². The fraction of sp³-hybridized carbons (Fsp3) is 0.321. The lowest BCUT2D eigenvalue weighted by molar-refractivity contribution is -0.139. The predicted molar refractivity (Wildman–Crippen MR) is 142 cm³/mol. The maximum atomic E-state index is 13.2. The number of ketones is 1. The van der Waals surface area contributed by atoms with Crippen LogP contribution in [0.1, 0.15) is 31.9 Å². The Kier molecular flexibility index (Phi) is 8.25. The zero-order chi connectivity index (χ0) is 26.4. The predicted octanol–water partition coefficient (Wildman–Crippen LogP) is 4.42. The van der Waals surface area contributed by atoms with Crippen molar-refractivity contribution in [1.82, 2.24) is 14.9 Å². The number of nitrogens with one attached hydrogen (secondary N) is 2. The number of H-pyrrole nitrogens is 1. The number of Topliss-reactive ketones (excluding diaryl/α,β-unsaturated/α-hetero) is 1. The zero-order valence-corrected chi connectivity index (χ0v) is 21.6. The first kappa shape index (κ1) is 26.0. The van der Waals surface area contributed by atoms with Gasteiger partial charge in [0.15, 0.2) is 11.3 Å². The molecule has 0 bridgehead atoms.